The number of fused-ring (bicyclic) bond motifs is 1. The lowest BCUT2D eigenvalue weighted by Crippen LogP contribution is -2.48. The molecule has 0 N–H and O–H groups in total. The summed E-state index contributed by atoms with van der Waals surface area (Å²) in [4.78, 5) is 46.0. The van der Waals surface area contributed by atoms with Gasteiger partial charge in [-0.1, -0.05) is 24.3 Å². The molecule has 1 unspecified atom stereocenters. The topological polar surface area (TPSA) is 110 Å². The van der Waals surface area contributed by atoms with E-state index in [4.69, 9.17) is 28.7 Å². The number of Topliss-reactive ketones (excluding diaryl/α,β-unsaturated/α-hetero) is 1. The van der Waals surface area contributed by atoms with Crippen molar-refractivity contribution < 1.29 is 38.1 Å². The predicted octanol–water partition coefficient (Wildman–Crippen LogP) is 4.64. The summed E-state index contributed by atoms with van der Waals surface area (Å²) in [5.41, 5.74) is 2.66. The maximum Gasteiger partial charge on any atom is 0.336 e. The van der Waals surface area contributed by atoms with Crippen LogP contribution in [0.3, 0.4) is 0 Å². The first kappa shape index (κ1) is 28.9. The van der Waals surface area contributed by atoms with Crippen molar-refractivity contribution in [3.05, 3.63) is 64.9 Å². The molecule has 2 aliphatic rings. The molecular weight excluding hydrogens is 514 g/mol. The molecule has 0 bridgehead atoms. The molecule has 1 heterocycles. The number of hydrogen-bond acceptors (Lipinski definition) is 9. The van der Waals surface area contributed by atoms with Crippen molar-refractivity contribution in [3.63, 3.8) is 0 Å². The van der Waals surface area contributed by atoms with Gasteiger partial charge in [-0.2, -0.15) is 0 Å². The molecule has 9 nitrogen and oxygen atoms in total. The van der Waals surface area contributed by atoms with Crippen molar-refractivity contribution in [1.29, 1.82) is 0 Å². The van der Waals surface area contributed by atoms with Gasteiger partial charge in [-0.3, -0.25) is 14.6 Å². The number of methoxy groups -OCH3 is 3. The molecule has 40 heavy (non-hydrogen) atoms. The first-order chi connectivity index (χ1) is 19.3. The van der Waals surface area contributed by atoms with Crippen LogP contribution in [0.5, 0.6) is 17.2 Å². The molecule has 0 spiro atoms. The second-order valence-electron chi connectivity index (χ2n) is 9.58. The Bertz CT molecular complexity index is 1340. The van der Waals surface area contributed by atoms with Gasteiger partial charge in [0, 0.05) is 28.8 Å². The van der Waals surface area contributed by atoms with Crippen molar-refractivity contribution in [2.24, 2.45) is 16.8 Å². The fraction of sp³-hybridized carbons (Fsp3) is 0.419. The van der Waals surface area contributed by atoms with Gasteiger partial charge < -0.3 is 23.7 Å². The van der Waals surface area contributed by atoms with E-state index in [9.17, 15) is 14.4 Å². The summed E-state index contributed by atoms with van der Waals surface area (Å²) in [6.07, 6.45) is 0.322. The van der Waals surface area contributed by atoms with Gasteiger partial charge in [-0.15, -0.1) is 0 Å². The van der Waals surface area contributed by atoms with Crippen LogP contribution >= 0.6 is 0 Å². The summed E-state index contributed by atoms with van der Waals surface area (Å²) in [5.74, 6) is -3.36. The number of ether oxygens (including phenoxy) is 5. The van der Waals surface area contributed by atoms with Crippen molar-refractivity contribution >= 4 is 23.4 Å². The average molecular weight is 550 g/mol. The zero-order valence-corrected chi connectivity index (χ0v) is 23.7. The molecule has 212 valence electrons. The van der Waals surface area contributed by atoms with E-state index >= 15 is 0 Å². The van der Waals surface area contributed by atoms with Gasteiger partial charge in [-0.25, -0.2) is 4.79 Å². The summed E-state index contributed by atoms with van der Waals surface area (Å²) in [5, 5.41) is 0. The minimum atomic E-state index is -1.10. The number of esters is 2. The molecule has 0 amide bonds. The number of allylic oxidation sites excluding steroid dienone is 1. The molecule has 1 saturated carbocycles. The normalized spacial score (nSPS) is 22.1. The van der Waals surface area contributed by atoms with E-state index in [0.717, 1.165) is 5.56 Å². The number of carbonyl (C=O) groups excluding carboxylic acids is 3. The number of rotatable bonds is 9. The van der Waals surface area contributed by atoms with E-state index in [0.29, 0.717) is 40.6 Å². The standard InChI is InChI=1S/C31H35NO8/c1-7-39-30(34)24-17(3)32-22-16-21(18-12-14-19(36-4)15-13-18)26(31(35)40-8-2)28(33)27(22)25(24)20-10-9-11-23(37-5)29(20)38-6/h9-15,21,25-27H,7-8,16H2,1-6H3/t21-,25-,26-,27?/m1/s1. The zero-order valence-electron chi connectivity index (χ0n) is 23.7. The first-order valence-corrected chi connectivity index (χ1v) is 13.3. The molecule has 1 aliphatic carbocycles. The Kier molecular flexibility index (Phi) is 8.92. The van der Waals surface area contributed by atoms with Gasteiger partial charge in [0.15, 0.2) is 17.3 Å². The zero-order chi connectivity index (χ0) is 29.0. The third-order valence-electron chi connectivity index (χ3n) is 7.50. The second kappa shape index (κ2) is 12.4. The molecule has 4 rings (SSSR count). The fourth-order valence-corrected chi connectivity index (χ4v) is 5.81. The highest BCUT2D eigenvalue weighted by atomic mass is 16.5. The summed E-state index contributed by atoms with van der Waals surface area (Å²) in [7, 11) is 4.60. The van der Waals surface area contributed by atoms with Crippen LogP contribution in [0.2, 0.25) is 0 Å². The number of nitrogens with zero attached hydrogens (tertiary/aromatic N) is 1. The summed E-state index contributed by atoms with van der Waals surface area (Å²) < 4.78 is 27.4. The van der Waals surface area contributed by atoms with Crippen LogP contribution < -0.4 is 14.2 Å². The van der Waals surface area contributed by atoms with Crippen LogP contribution in [0.4, 0.5) is 0 Å². The van der Waals surface area contributed by atoms with Crippen LogP contribution in [0, 0.1) is 11.8 Å². The molecule has 0 saturated heterocycles. The highest BCUT2D eigenvalue weighted by molar-refractivity contribution is 6.18. The summed E-state index contributed by atoms with van der Waals surface area (Å²) in [6, 6.07) is 12.6. The van der Waals surface area contributed by atoms with Crippen LogP contribution in [0.1, 0.15) is 50.2 Å². The number of aliphatic imine (C=N–C) groups is 1. The molecule has 4 atom stereocenters. The molecule has 1 fully saturated rings. The smallest absolute Gasteiger partial charge is 0.336 e. The minimum Gasteiger partial charge on any atom is -0.497 e. The van der Waals surface area contributed by atoms with Crippen LogP contribution in [0.25, 0.3) is 0 Å². The van der Waals surface area contributed by atoms with Crippen molar-refractivity contribution in [2.45, 2.75) is 39.0 Å². The number of benzene rings is 2. The third kappa shape index (κ3) is 5.20. The lowest BCUT2D eigenvalue weighted by Gasteiger charge is -2.41. The molecular formula is C31H35NO8. The maximum absolute atomic E-state index is 14.5. The highest BCUT2D eigenvalue weighted by Crippen LogP contribution is 2.51. The van der Waals surface area contributed by atoms with E-state index < -0.39 is 35.6 Å². The average Bonchev–Trinajstić information content (AvgIpc) is 2.95. The number of ketones is 1. The largest absolute Gasteiger partial charge is 0.497 e. The van der Waals surface area contributed by atoms with Gasteiger partial charge in [-0.05, 0) is 51.0 Å². The maximum atomic E-state index is 14.5. The Morgan fingerprint density at radius 2 is 1.60 bits per heavy atom. The molecule has 2 aromatic carbocycles. The molecule has 2 aromatic rings. The Balaban J connectivity index is 1.93. The van der Waals surface area contributed by atoms with Gasteiger partial charge in [0.1, 0.15) is 11.7 Å². The molecule has 9 heteroatoms. The van der Waals surface area contributed by atoms with Gasteiger partial charge in [0.25, 0.3) is 0 Å². The third-order valence-corrected chi connectivity index (χ3v) is 7.50. The Hall–Kier alpha value is -4.14. The SMILES string of the molecule is CCOC(=O)C1=C(C)N=C2C[C@H](c3ccc(OC)cc3)[C@@H](C(=O)OCC)C(=O)C2[C@@H]1c1cccc(OC)c1OC. The van der Waals surface area contributed by atoms with Crippen LogP contribution in [-0.4, -0.2) is 58.0 Å². The summed E-state index contributed by atoms with van der Waals surface area (Å²) in [6.45, 7) is 5.44. The molecule has 1 aliphatic heterocycles. The van der Waals surface area contributed by atoms with E-state index in [1.54, 1.807) is 58.2 Å². The number of hydrogen-bond donors (Lipinski definition) is 0. The number of para-hydroxylation sites is 1. The Morgan fingerprint density at radius 3 is 2.20 bits per heavy atom. The van der Waals surface area contributed by atoms with Gasteiger partial charge in [0.05, 0.1) is 46.0 Å². The van der Waals surface area contributed by atoms with Gasteiger partial charge in [0.2, 0.25) is 0 Å². The van der Waals surface area contributed by atoms with E-state index in [2.05, 4.69) is 0 Å². The fourth-order valence-electron chi connectivity index (χ4n) is 5.81. The van der Waals surface area contributed by atoms with Crippen molar-refractivity contribution in [3.8, 4) is 17.2 Å². The Morgan fingerprint density at radius 1 is 0.900 bits per heavy atom. The second-order valence-corrected chi connectivity index (χ2v) is 9.58. The molecule has 0 aromatic heterocycles. The van der Waals surface area contributed by atoms with Crippen LogP contribution in [-0.2, 0) is 23.9 Å². The lowest BCUT2D eigenvalue weighted by molar-refractivity contribution is -0.153. The van der Waals surface area contributed by atoms with Gasteiger partial charge >= 0.3 is 11.9 Å². The Labute approximate surface area is 234 Å². The van der Waals surface area contributed by atoms with E-state index in [1.807, 2.05) is 12.1 Å². The van der Waals surface area contributed by atoms with E-state index in [1.165, 1.54) is 14.2 Å². The monoisotopic (exact) mass is 549 g/mol. The predicted molar refractivity (Wildman–Crippen MR) is 148 cm³/mol. The van der Waals surface area contributed by atoms with Crippen molar-refractivity contribution in [1.82, 2.24) is 0 Å². The first-order valence-electron chi connectivity index (χ1n) is 13.3. The summed E-state index contributed by atoms with van der Waals surface area (Å²) >= 11 is 0. The van der Waals surface area contributed by atoms with Crippen LogP contribution in [0.15, 0.2) is 58.7 Å². The number of carbonyl (C=O) groups is 3. The lowest BCUT2D eigenvalue weighted by atomic mass is 9.62. The van der Waals surface area contributed by atoms with Crippen molar-refractivity contribution in [2.75, 3.05) is 34.5 Å². The van der Waals surface area contributed by atoms with E-state index in [-0.39, 0.29) is 24.6 Å². The highest BCUT2D eigenvalue weighted by Gasteiger charge is 2.53. The molecule has 0 radical (unpaired) electrons. The quantitative estimate of drug-likeness (QED) is 0.329. The minimum absolute atomic E-state index is 0.129.